The SMILES string of the molecule is Cc1c(Cn2c(C)cc(C(=O)O)c2C)cccc1[N+](=O)[O-]. The van der Waals surface area contributed by atoms with Crippen molar-refractivity contribution >= 4 is 11.7 Å². The lowest BCUT2D eigenvalue weighted by Crippen LogP contribution is -2.07. The predicted molar refractivity (Wildman–Crippen MR) is 77.8 cm³/mol. The van der Waals surface area contributed by atoms with Crippen molar-refractivity contribution in [2.75, 3.05) is 0 Å². The van der Waals surface area contributed by atoms with Crippen LogP contribution in [0.2, 0.25) is 0 Å². The number of hydrogen-bond acceptors (Lipinski definition) is 3. The van der Waals surface area contributed by atoms with Gasteiger partial charge in [-0.25, -0.2) is 4.79 Å². The smallest absolute Gasteiger partial charge is 0.337 e. The first-order chi connectivity index (χ1) is 9.82. The van der Waals surface area contributed by atoms with E-state index in [0.29, 0.717) is 17.8 Å². The molecular weight excluding hydrogens is 272 g/mol. The minimum Gasteiger partial charge on any atom is -0.478 e. The Kier molecular flexibility index (Phi) is 3.80. The number of carboxylic acids is 1. The third kappa shape index (κ3) is 2.65. The standard InChI is InChI=1S/C15H16N2O4/c1-9-7-13(15(18)19)11(3)16(9)8-12-5-4-6-14(10(12)2)17(20)21/h4-7H,8H2,1-3H3,(H,18,19). The van der Waals surface area contributed by atoms with E-state index in [1.54, 1.807) is 26.0 Å². The van der Waals surface area contributed by atoms with Gasteiger partial charge in [0.2, 0.25) is 0 Å². The van der Waals surface area contributed by atoms with E-state index in [1.165, 1.54) is 6.07 Å². The molecular formula is C15H16N2O4. The second kappa shape index (κ2) is 5.40. The summed E-state index contributed by atoms with van der Waals surface area (Å²) < 4.78 is 1.86. The fraction of sp³-hybridized carbons (Fsp3) is 0.267. The number of carboxylic acid groups (broad SMARTS) is 1. The van der Waals surface area contributed by atoms with Gasteiger partial charge in [-0.05, 0) is 32.4 Å². The van der Waals surface area contributed by atoms with Gasteiger partial charge < -0.3 is 9.67 Å². The molecule has 21 heavy (non-hydrogen) atoms. The van der Waals surface area contributed by atoms with Crippen molar-refractivity contribution in [3.63, 3.8) is 0 Å². The number of nitro groups is 1. The molecule has 0 aliphatic heterocycles. The van der Waals surface area contributed by atoms with E-state index >= 15 is 0 Å². The summed E-state index contributed by atoms with van der Waals surface area (Å²) >= 11 is 0. The van der Waals surface area contributed by atoms with Crippen LogP contribution in [0.25, 0.3) is 0 Å². The molecule has 0 bridgehead atoms. The Morgan fingerprint density at radius 2 is 2.00 bits per heavy atom. The fourth-order valence-corrected chi connectivity index (χ4v) is 2.47. The fourth-order valence-electron chi connectivity index (χ4n) is 2.47. The molecule has 0 saturated carbocycles. The Labute approximate surface area is 121 Å². The number of aromatic carboxylic acids is 1. The molecule has 1 heterocycles. The van der Waals surface area contributed by atoms with Gasteiger partial charge in [0.25, 0.3) is 5.69 Å². The van der Waals surface area contributed by atoms with E-state index in [9.17, 15) is 14.9 Å². The number of nitro benzene ring substituents is 1. The molecule has 0 fully saturated rings. The Hall–Kier alpha value is -2.63. The van der Waals surface area contributed by atoms with Crippen molar-refractivity contribution in [1.29, 1.82) is 0 Å². The summed E-state index contributed by atoms with van der Waals surface area (Å²) in [4.78, 5) is 21.7. The summed E-state index contributed by atoms with van der Waals surface area (Å²) in [6.07, 6.45) is 0. The lowest BCUT2D eigenvalue weighted by molar-refractivity contribution is -0.385. The largest absolute Gasteiger partial charge is 0.478 e. The van der Waals surface area contributed by atoms with Crippen molar-refractivity contribution in [2.24, 2.45) is 0 Å². The molecule has 110 valence electrons. The van der Waals surface area contributed by atoms with E-state index in [-0.39, 0.29) is 11.3 Å². The molecule has 0 amide bonds. The Morgan fingerprint density at radius 1 is 1.33 bits per heavy atom. The van der Waals surface area contributed by atoms with Gasteiger partial charge in [0, 0.05) is 29.6 Å². The molecule has 0 aliphatic carbocycles. The summed E-state index contributed by atoms with van der Waals surface area (Å²) in [5.74, 6) is -0.967. The van der Waals surface area contributed by atoms with Crippen molar-refractivity contribution in [3.8, 4) is 0 Å². The zero-order valence-corrected chi connectivity index (χ0v) is 12.1. The minimum atomic E-state index is -0.967. The van der Waals surface area contributed by atoms with E-state index < -0.39 is 10.9 Å². The highest BCUT2D eigenvalue weighted by Gasteiger charge is 2.17. The predicted octanol–water partition coefficient (Wildman–Crippen LogP) is 3.07. The molecule has 6 nitrogen and oxygen atoms in total. The van der Waals surface area contributed by atoms with Crippen molar-refractivity contribution in [2.45, 2.75) is 27.3 Å². The molecule has 1 aromatic carbocycles. The van der Waals surface area contributed by atoms with Gasteiger partial charge in [0.05, 0.1) is 10.5 Å². The van der Waals surface area contributed by atoms with Crippen LogP contribution < -0.4 is 0 Å². The van der Waals surface area contributed by atoms with E-state index in [4.69, 9.17) is 5.11 Å². The van der Waals surface area contributed by atoms with Crippen LogP contribution in [-0.2, 0) is 6.54 Å². The van der Waals surface area contributed by atoms with E-state index in [0.717, 1.165) is 11.3 Å². The zero-order valence-electron chi connectivity index (χ0n) is 12.1. The third-order valence-corrected chi connectivity index (χ3v) is 3.75. The minimum absolute atomic E-state index is 0.0772. The maximum Gasteiger partial charge on any atom is 0.337 e. The van der Waals surface area contributed by atoms with Crippen LogP contribution in [0, 0.1) is 30.9 Å². The molecule has 2 rings (SSSR count). The first kappa shape index (κ1) is 14.8. The number of nitrogens with zero attached hydrogens (tertiary/aromatic N) is 2. The van der Waals surface area contributed by atoms with E-state index in [2.05, 4.69) is 0 Å². The summed E-state index contributed by atoms with van der Waals surface area (Å²) in [5, 5.41) is 20.1. The number of rotatable bonds is 4. The normalized spacial score (nSPS) is 10.6. The van der Waals surface area contributed by atoms with Crippen LogP contribution in [0.5, 0.6) is 0 Å². The van der Waals surface area contributed by atoms with Gasteiger partial charge in [-0.2, -0.15) is 0 Å². The highest BCUT2D eigenvalue weighted by molar-refractivity contribution is 5.89. The number of aryl methyl sites for hydroxylation is 1. The first-order valence-corrected chi connectivity index (χ1v) is 6.45. The highest BCUT2D eigenvalue weighted by atomic mass is 16.6. The highest BCUT2D eigenvalue weighted by Crippen LogP contribution is 2.24. The van der Waals surface area contributed by atoms with Gasteiger partial charge in [-0.15, -0.1) is 0 Å². The molecule has 0 saturated heterocycles. The van der Waals surface area contributed by atoms with Crippen LogP contribution in [0.3, 0.4) is 0 Å². The van der Waals surface area contributed by atoms with Crippen molar-refractivity contribution in [1.82, 2.24) is 4.57 Å². The molecule has 2 aromatic rings. The number of benzene rings is 1. The van der Waals surface area contributed by atoms with Crippen LogP contribution >= 0.6 is 0 Å². The molecule has 1 N–H and O–H groups in total. The maximum atomic E-state index is 11.1. The zero-order chi connectivity index (χ0) is 15.7. The third-order valence-electron chi connectivity index (χ3n) is 3.75. The average Bonchev–Trinajstić information content (AvgIpc) is 2.68. The molecule has 0 unspecified atom stereocenters. The quantitative estimate of drug-likeness (QED) is 0.692. The van der Waals surface area contributed by atoms with Crippen molar-refractivity contribution in [3.05, 3.63) is 62.5 Å². The van der Waals surface area contributed by atoms with E-state index in [1.807, 2.05) is 17.6 Å². The second-order valence-electron chi connectivity index (χ2n) is 4.99. The second-order valence-corrected chi connectivity index (χ2v) is 4.99. The van der Waals surface area contributed by atoms with Crippen LogP contribution in [0.1, 0.15) is 32.9 Å². The summed E-state index contributed by atoms with van der Waals surface area (Å²) in [7, 11) is 0. The molecule has 0 spiro atoms. The first-order valence-electron chi connectivity index (χ1n) is 6.45. The van der Waals surface area contributed by atoms with Gasteiger partial charge >= 0.3 is 5.97 Å². The van der Waals surface area contributed by atoms with Crippen LogP contribution in [0.4, 0.5) is 5.69 Å². The average molecular weight is 288 g/mol. The van der Waals surface area contributed by atoms with Crippen molar-refractivity contribution < 1.29 is 14.8 Å². The number of aromatic nitrogens is 1. The summed E-state index contributed by atoms with van der Waals surface area (Å²) in [6.45, 7) is 5.69. The molecule has 0 atom stereocenters. The molecule has 1 aromatic heterocycles. The van der Waals surface area contributed by atoms with Crippen LogP contribution in [0.15, 0.2) is 24.3 Å². The Bertz CT molecular complexity index is 732. The van der Waals surface area contributed by atoms with Gasteiger partial charge in [-0.3, -0.25) is 10.1 Å². The summed E-state index contributed by atoms with van der Waals surface area (Å²) in [5.41, 5.74) is 3.21. The molecule has 6 heteroatoms. The number of hydrogen-bond donors (Lipinski definition) is 1. The number of carbonyl (C=O) groups is 1. The lowest BCUT2D eigenvalue weighted by atomic mass is 10.1. The van der Waals surface area contributed by atoms with Gasteiger partial charge in [-0.1, -0.05) is 12.1 Å². The molecule has 0 radical (unpaired) electrons. The van der Waals surface area contributed by atoms with Gasteiger partial charge in [0.1, 0.15) is 0 Å². The Morgan fingerprint density at radius 3 is 2.52 bits per heavy atom. The topological polar surface area (TPSA) is 85.4 Å². The lowest BCUT2D eigenvalue weighted by Gasteiger charge is -2.12. The van der Waals surface area contributed by atoms with Crippen LogP contribution in [-0.4, -0.2) is 20.6 Å². The Balaban J connectivity index is 2.46. The molecule has 0 aliphatic rings. The maximum absolute atomic E-state index is 11.1. The monoisotopic (exact) mass is 288 g/mol. The van der Waals surface area contributed by atoms with Gasteiger partial charge in [0.15, 0.2) is 0 Å². The summed E-state index contributed by atoms with van der Waals surface area (Å²) in [6, 6.07) is 6.55.